The number of amides is 1. The maximum atomic E-state index is 13.9. The van der Waals surface area contributed by atoms with Gasteiger partial charge in [-0.1, -0.05) is 48.5 Å². The molecule has 2 aromatic carbocycles. The van der Waals surface area contributed by atoms with E-state index in [1.165, 1.54) is 0 Å². The number of carbonyl (C=O) groups excluding carboxylic acids is 1. The van der Waals surface area contributed by atoms with E-state index in [1.807, 2.05) is 36.4 Å². The summed E-state index contributed by atoms with van der Waals surface area (Å²) < 4.78 is 11.9. The van der Waals surface area contributed by atoms with Gasteiger partial charge in [0.15, 0.2) is 0 Å². The van der Waals surface area contributed by atoms with Crippen LogP contribution in [-0.4, -0.2) is 55.8 Å². The number of morpholine rings is 1. The molecule has 0 radical (unpaired) electrons. The van der Waals surface area contributed by atoms with Gasteiger partial charge in [0.2, 0.25) is 5.91 Å². The lowest BCUT2D eigenvalue weighted by Crippen LogP contribution is -2.52. The fourth-order valence-electron chi connectivity index (χ4n) is 4.71. The molecule has 2 aliphatic heterocycles. The van der Waals surface area contributed by atoms with Crippen molar-refractivity contribution in [2.24, 2.45) is 0 Å². The standard InChI is InChI=1S/C24H28N2O3/c27-23(25-19-10-11-19)24(18-6-2-1-3-7-18)16-20(26-12-14-28-15-13-26)17-29-22-9-5-4-8-21(22)24/h1-9,19-20H,10-17H2,(H,25,27). The second-order valence-corrected chi connectivity index (χ2v) is 8.33. The van der Waals surface area contributed by atoms with Crippen molar-refractivity contribution in [2.45, 2.75) is 36.8 Å². The lowest BCUT2D eigenvalue weighted by molar-refractivity contribution is -0.126. The van der Waals surface area contributed by atoms with E-state index in [4.69, 9.17) is 9.47 Å². The molecule has 2 fully saturated rings. The topological polar surface area (TPSA) is 50.8 Å². The number of benzene rings is 2. The van der Waals surface area contributed by atoms with E-state index in [9.17, 15) is 4.79 Å². The molecule has 152 valence electrons. The molecule has 1 amide bonds. The first-order chi connectivity index (χ1) is 14.3. The fraction of sp³-hybridized carbons (Fsp3) is 0.458. The summed E-state index contributed by atoms with van der Waals surface area (Å²) in [6.07, 6.45) is 2.84. The van der Waals surface area contributed by atoms with Gasteiger partial charge in [-0.3, -0.25) is 9.69 Å². The largest absolute Gasteiger partial charge is 0.492 e. The molecule has 0 aromatic heterocycles. The van der Waals surface area contributed by atoms with Crippen molar-refractivity contribution in [3.05, 3.63) is 65.7 Å². The predicted octanol–water partition coefficient (Wildman–Crippen LogP) is 2.73. The summed E-state index contributed by atoms with van der Waals surface area (Å²) in [7, 11) is 0. The van der Waals surface area contributed by atoms with Crippen LogP contribution in [0.5, 0.6) is 5.75 Å². The molecule has 5 heteroatoms. The van der Waals surface area contributed by atoms with E-state index in [0.29, 0.717) is 19.1 Å². The van der Waals surface area contributed by atoms with E-state index in [2.05, 4.69) is 28.4 Å². The van der Waals surface area contributed by atoms with Gasteiger partial charge in [-0.2, -0.15) is 0 Å². The first-order valence-corrected chi connectivity index (χ1v) is 10.7. The Bertz CT molecular complexity index is 861. The van der Waals surface area contributed by atoms with Crippen LogP contribution in [0.4, 0.5) is 0 Å². The monoisotopic (exact) mass is 392 g/mol. The quantitative estimate of drug-likeness (QED) is 0.869. The van der Waals surface area contributed by atoms with Gasteiger partial charge >= 0.3 is 0 Å². The molecule has 5 rings (SSSR count). The third-order valence-electron chi connectivity index (χ3n) is 6.45. The van der Waals surface area contributed by atoms with Crippen LogP contribution in [0.15, 0.2) is 54.6 Å². The SMILES string of the molecule is O=C(NC1CC1)C1(c2ccccc2)CC(N2CCOCC2)COc2ccccc21. The van der Waals surface area contributed by atoms with Crippen LogP contribution in [0, 0.1) is 0 Å². The second kappa shape index (κ2) is 7.81. The lowest BCUT2D eigenvalue weighted by Gasteiger charge is -2.39. The Morgan fingerprint density at radius 2 is 1.72 bits per heavy atom. The maximum absolute atomic E-state index is 13.9. The minimum atomic E-state index is -0.764. The van der Waals surface area contributed by atoms with Crippen LogP contribution in [0.3, 0.4) is 0 Å². The molecule has 5 nitrogen and oxygen atoms in total. The Balaban J connectivity index is 1.63. The number of ether oxygens (including phenoxy) is 2. The number of hydrogen-bond acceptors (Lipinski definition) is 4. The minimum Gasteiger partial charge on any atom is -0.492 e. The Hall–Kier alpha value is -2.37. The zero-order valence-corrected chi connectivity index (χ0v) is 16.7. The van der Waals surface area contributed by atoms with Crippen molar-refractivity contribution in [1.29, 1.82) is 0 Å². The highest BCUT2D eigenvalue weighted by Crippen LogP contribution is 2.45. The Morgan fingerprint density at radius 3 is 2.48 bits per heavy atom. The van der Waals surface area contributed by atoms with E-state index in [0.717, 1.165) is 56.0 Å². The van der Waals surface area contributed by atoms with Gasteiger partial charge < -0.3 is 14.8 Å². The molecule has 3 aliphatic rings. The number of nitrogens with one attached hydrogen (secondary N) is 1. The van der Waals surface area contributed by atoms with Gasteiger partial charge in [0.25, 0.3) is 0 Å². The summed E-state index contributed by atoms with van der Waals surface area (Å²) in [4.78, 5) is 16.3. The number of hydrogen-bond donors (Lipinski definition) is 1. The average molecular weight is 392 g/mol. The van der Waals surface area contributed by atoms with Crippen LogP contribution in [0.1, 0.15) is 30.4 Å². The maximum Gasteiger partial charge on any atom is 0.235 e. The molecule has 2 aromatic rings. The molecule has 1 N–H and O–H groups in total. The molecular formula is C24H28N2O3. The average Bonchev–Trinajstić information content (AvgIpc) is 3.61. The van der Waals surface area contributed by atoms with Gasteiger partial charge in [0.1, 0.15) is 17.8 Å². The van der Waals surface area contributed by atoms with Gasteiger partial charge in [-0.05, 0) is 30.9 Å². The van der Waals surface area contributed by atoms with E-state index >= 15 is 0 Å². The molecule has 2 heterocycles. The van der Waals surface area contributed by atoms with Gasteiger partial charge in [0.05, 0.1) is 13.2 Å². The third-order valence-corrected chi connectivity index (χ3v) is 6.45. The summed E-state index contributed by atoms with van der Waals surface area (Å²) in [5, 5.41) is 3.32. The molecular weight excluding hydrogens is 364 g/mol. The summed E-state index contributed by atoms with van der Waals surface area (Å²) in [6.45, 7) is 3.80. The van der Waals surface area contributed by atoms with E-state index in [1.54, 1.807) is 0 Å². The highest BCUT2D eigenvalue weighted by Gasteiger charge is 2.49. The first-order valence-electron chi connectivity index (χ1n) is 10.7. The number of rotatable bonds is 4. The lowest BCUT2D eigenvalue weighted by atomic mass is 9.69. The van der Waals surface area contributed by atoms with E-state index < -0.39 is 5.41 Å². The Labute approximate surface area is 172 Å². The minimum absolute atomic E-state index is 0.0995. The molecule has 1 saturated carbocycles. The van der Waals surface area contributed by atoms with E-state index in [-0.39, 0.29) is 11.9 Å². The molecule has 2 atom stereocenters. The summed E-state index contributed by atoms with van der Waals surface area (Å²) in [5.74, 6) is 0.917. The molecule has 0 bridgehead atoms. The van der Waals surface area contributed by atoms with Gasteiger partial charge in [-0.25, -0.2) is 0 Å². The van der Waals surface area contributed by atoms with Crippen molar-refractivity contribution in [3.8, 4) is 5.75 Å². The van der Waals surface area contributed by atoms with Crippen LogP contribution in [0.2, 0.25) is 0 Å². The Morgan fingerprint density at radius 1 is 1.00 bits per heavy atom. The van der Waals surface area contributed by atoms with Crippen molar-refractivity contribution in [2.75, 3.05) is 32.9 Å². The van der Waals surface area contributed by atoms with Crippen molar-refractivity contribution >= 4 is 5.91 Å². The molecule has 1 saturated heterocycles. The summed E-state index contributed by atoms with van der Waals surface area (Å²) in [6, 6.07) is 18.8. The zero-order valence-electron chi connectivity index (χ0n) is 16.7. The number of nitrogens with zero attached hydrogens (tertiary/aromatic N) is 1. The Kier molecular flexibility index (Phi) is 5.02. The van der Waals surface area contributed by atoms with Gasteiger partial charge in [0, 0.05) is 30.7 Å². The van der Waals surface area contributed by atoms with Crippen LogP contribution >= 0.6 is 0 Å². The second-order valence-electron chi connectivity index (χ2n) is 8.33. The molecule has 0 spiro atoms. The number of para-hydroxylation sites is 1. The normalized spacial score (nSPS) is 27.4. The highest BCUT2D eigenvalue weighted by atomic mass is 16.5. The summed E-state index contributed by atoms with van der Waals surface area (Å²) >= 11 is 0. The third kappa shape index (κ3) is 3.53. The van der Waals surface area contributed by atoms with Crippen molar-refractivity contribution in [1.82, 2.24) is 10.2 Å². The van der Waals surface area contributed by atoms with Crippen LogP contribution in [0.25, 0.3) is 0 Å². The fourth-order valence-corrected chi connectivity index (χ4v) is 4.71. The zero-order chi connectivity index (χ0) is 19.7. The molecule has 1 aliphatic carbocycles. The summed E-state index contributed by atoms with van der Waals surface area (Å²) in [5.41, 5.74) is 1.24. The van der Waals surface area contributed by atoms with Gasteiger partial charge in [-0.15, -0.1) is 0 Å². The number of fused-ring (bicyclic) bond motifs is 1. The van der Waals surface area contributed by atoms with Crippen molar-refractivity contribution < 1.29 is 14.3 Å². The first kappa shape index (κ1) is 18.6. The molecule has 2 unspecified atom stereocenters. The highest BCUT2D eigenvalue weighted by molar-refractivity contribution is 5.93. The molecule has 29 heavy (non-hydrogen) atoms. The van der Waals surface area contributed by atoms with Crippen LogP contribution < -0.4 is 10.1 Å². The number of carbonyl (C=O) groups is 1. The van der Waals surface area contributed by atoms with Crippen LogP contribution in [-0.2, 0) is 14.9 Å². The van der Waals surface area contributed by atoms with Crippen molar-refractivity contribution in [3.63, 3.8) is 0 Å². The smallest absolute Gasteiger partial charge is 0.235 e. The predicted molar refractivity (Wildman–Crippen MR) is 111 cm³/mol.